The van der Waals surface area contributed by atoms with Gasteiger partial charge in [-0.25, -0.2) is 4.57 Å². The molecular weight excluding hydrogens is 806 g/mol. The molecule has 0 aromatic rings. The maximum Gasteiger partial charge on any atom is 0.472 e. The van der Waals surface area contributed by atoms with Crippen molar-refractivity contribution >= 4 is 25.7 Å². The zero-order chi connectivity index (χ0) is 45.6. The number of unbranched alkanes of at least 4 members (excludes halogenated alkanes) is 6. The summed E-state index contributed by atoms with van der Waals surface area (Å²) in [5, 5.41) is 8.90. The maximum atomic E-state index is 12.6. The number of phosphoric ester groups is 1. The van der Waals surface area contributed by atoms with Crippen LogP contribution in [0.5, 0.6) is 0 Å². The van der Waals surface area contributed by atoms with Crippen LogP contribution in [-0.4, -0.2) is 59.9 Å². The average Bonchev–Trinajstić information content (AvgIpc) is 3.25. The Hall–Kier alpha value is -4.12. The molecule has 4 N–H and O–H groups in total. The predicted molar refractivity (Wildman–Crippen MR) is 253 cm³/mol. The van der Waals surface area contributed by atoms with Crippen molar-refractivity contribution in [2.75, 3.05) is 19.8 Å². The van der Waals surface area contributed by atoms with Crippen LogP contribution >= 0.6 is 7.82 Å². The van der Waals surface area contributed by atoms with Crippen LogP contribution in [0.4, 0.5) is 0 Å². The zero-order valence-electron chi connectivity index (χ0n) is 37.7. The van der Waals surface area contributed by atoms with Crippen LogP contribution < -0.4 is 5.73 Å². The van der Waals surface area contributed by atoms with Crippen LogP contribution in [0, 0.1) is 0 Å². The number of esters is 2. The third kappa shape index (κ3) is 42.6. The van der Waals surface area contributed by atoms with Crippen LogP contribution in [0.25, 0.3) is 0 Å². The first-order chi connectivity index (χ1) is 30.1. The van der Waals surface area contributed by atoms with Gasteiger partial charge in [0.25, 0.3) is 0 Å². The van der Waals surface area contributed by atoms with Gasteiger partial charge in [-0.1, -0.05) is 155 Å². The van der Waals surface area contributed by atoms with Gasteiger partial charge in [0.1, 0.15) is 12.6 Å². The van der Waals surface area contributed by atoms with Gasteiger partial charge in [-0.05, 0) is 96.3 Å². The van der Waals surface area contributed by atoms with Crippen molar-refractivity contribution in [2.24, 2.45) is 5.73 Å². The summed E-state index contributed by atoms with van der Waals surface area (Å²) in [6.45, 7) is 2.53. The summed E-state index contributed by atoms with van der Waals surface area (Å²) in [7, 11) is -4.76. The van der Waals surface area contributed by atoms with Gasteiger partial charge in [0, 0.05) is 12.8 Å². The standard InChI is InChI=1S/C50H78NO10P/c1-3-5-7-9-11-13-15-17-19-21-23-25-27-29-31-33-35-37-39-41-48(52)58-43-46(44-59-62(56,57)60-45-47(51)50(54)55)61-49(53)42-40-38-36-34-32-30-28-26-24-22-20-18-16-14-12-10-8-6-4-2/h6,8,11-14,17-20,23-26,29-32,36,38,46-47H,3-5,7,9-10,15-16,21-22,27-28,33-35,37,39-45,51H2,1-2H3,(H,54,55)(H,56,57)/b8-6-,13-11-,14-12-,19-17-,20-18-,25-23-,26-24-,31-29-,32-30+,38-36-/t46-,47+/m1/s1. The van der Waals surface area contributed by atoms with Crippen molar-refractivity contribution in [2.45, 2.75) is 154 Å². The van der Waals surface area contributed by atoms with Crippen LogP contribution in [0.2, 0.25) is 0 Å². The third-order valence-corrected chi connectivity index (χ3v) is 9.66. The molecule has 62 heavy (non-hydrogen) atoms. The highest BCUT2D eigenvalue weighted by Crippen LogP contribution is 2.43. The van der Waals surface area contributed by atoms with E-state index in [1.54, 1.807) is 0 Å². The fourth-order valence-electron chi connectivity index (χ4n) is 5.19. The van der Waals surface area contributed by atoms with Gasteiger partial charge in [0.2, 0.25) is 0 Å². The van der Waals surface area contributed by atoms with Crippen LogP contribution in [0.3, 0.4) is 0 Å². The normalized spacial score (nSPS) is 14.8. The van der Waals surface area contributed by atoms with Crippen LogP contribution in [0.1, 0.15) is 142 Å². The van der Waals surface area contributed by atoms with Crippen LogP contribution in [0.15, 0.2) is 122 Å². The van der Waals surface area contributed by atoms with Crippen molar-refractivity contribution in [3.05, 3.63) is 122 Å². The second-order valence-corrected chi connectivity index (χ2v) is 15.9. The maximum absolute atomic E-state index is 12.6. The van der Waals surface area contributed by atoms with Crippen molar-refractivity contribution < 1.29 is 47.5 Å². The Morgan fingerprint density at radius 3 is 1.39 bits per heavy atom. The molecule has 0 saturated heterocycles. The van der Waals surface area contributed by atoms with Gasteiger partial charge in [0.05, 0.1) is 13.2 Å². The Bertz CT molecular complexity index is 1500. The minimum absolute atomic E-state index is 0.0206. The lowest BCUT2D eigenvalue weighted by Crippen LogP contribution is -2.34. The largest absolute Gasteiger partial charge is 0.480 e. The van der Waals surface area contributed by atoms with E-state index < -0.39 is 57.7 Å². The Balaban J connectivity index is 4.56. The number of carbonyl (C=O) groups excluding carboxylic acids is 2. The van der Waals surface area contributed by atoms with E-state index >= 15 is 0 Å². The quantitative estimate of drug-likeness (QED) is 0.0231. The van der Waals surface area contributed by atoms with E-state index in [1.807, 2.05) is 18.2 Å². The molecule has 0 bridgehead atoms. The summed E-state index contributed by atoms with van der Waals surface area (Å²) >= 11 is 0. The lowest BCUT2D eigenvalue weighted by Gasteiger charge is -2.20. The molecule has 0 aromatic carbocycles. The Labute approximate surface area is 373 Å². The number of carboxylic acids is 1. The van der Waals surface area contributed by atoms with Crippen LogP contribution in [-0.2, 0) is 37.5 Å². The number of nitrogens with two attached hydrogens (primary N) is 1. The third-order valence-electron chi connectivity index (χ3n) is 8.71. The van der Waals surface area contributed by atoms with E-state index in [4.69, 9.17) is 24.8 Å². The number of carbonyl (C=O) groups is 3. The van der Waals surface area contributed by atoms with Crippen molar-refractivity contribution in [1.82, 2.24) is 0 Å². The minimum atomic E-state index is -4.76. The van der Waals surface area contributed by atoms with E-state index in [0.717, 1.165) is 70.6 Å². The summed E-state index contributed by atoms with van der Waals surface area (Å²) in [5.74, 6) is -2.55. The number of allylic oxidation sites excluding steroid dienone is 20. The Morgan fingerprint density at radius 1 is 0.516 bits per heavy atom. The molecule has 0 aromatic heterocycles. The first kappa shape index (κ1) is 57.9. The van der Waals surface area contributed by atoms with Crippen molar-refractivity contribution in [1.29, 1.82) is 0 Å². The highest BCUT2D eigenvalue weighted by atomic mass is 31.2. The molecule has 0 radical (unpaired) electrons. The van der Waals surface area contributed by atoms with E-state index in [9.17, 15) is 23.8 Å². The van der Waals surface area contributed by atoms with Gasteiger partial charge >= 0.3 is 25.7 Å². The number of carboxylic acid groups (broad SMARTS) is 1. The molecule has 0 amide bonds. The molecule has 0 rings (SSSR count). The smallest absolute Gasteiger partial charge is 0.472 e. The van der Waals surface area contributed by atoms with Gasteiger partial charge in [0.15, 0.2) is 6.10 Å². The molecule has 12 heteroatoms. The monoisotopic (exact) mass is 884 g/mol. The van der Waals surface area contributed by atoms with E-state index in [-0.39, 0.29) is 12.8 Å². The minimum Gasteiger partial charge on any atom is -0.480 e. The second kappa shape index (κ2) is 43.5. The Kier molecular flexibility index (Phi) is 40.6. The molecule has 348 valence electrons. The highest BCUT2D eigenvalue weighted by Gasteiger charge is 2.28. The van der Waals surface area contributed by atoms with E-state index in [1.165, 1.54) is 25.7 Å². The summed E-state index contributed by atoms with van der Waals surface area (Å²) in [5.41, 5.74) is 5.33. The molecule has 3 atom stereocenters. The fourth-order valence-corrected chi connectivity index (χ4v) is 5.97. The van der Waals surface area contributed by atoms with E-state index in [0.29, 0.717) is 19.3 Å². The second-order valence-electron chi connectivity index (χ2n) is 14.4. The Morgan fingerprint density at radius 2 is 0.935 bits per heavy atom. The van der Waals surface area contributed by atoms with E-state index in [2.05, 4.69) is 122 Å². The highest BCUT2D eigenvalue weighted by molar-refractivity contribution is 7.47. The van der Waals surface area contributed by atoms with Gasteiger partial charge < -0.3 is 25.2 Å². The topological polar surface area (TPSA) is 172 Å². The number of aliphatic carboxylic acids is 1. The molecule has 11 nitrogen and oxygen atoms in total. The number of hydrogen-bond donors (Lipinski definition) is 3. The predicted octanol–water partition coefficient (Wildman–Crippen LogP) is 12.4. The SMILES string of the molecule is CC/C=C\C/C=C\C/C=C\C/C=C\C/C=C/C/C=C\CCC(=O)O[C@H](COC(=O)CCCCC/C=C\C/C=C\C/C=C\C/C=C\CCCCC)COP(=O)(O)OC[C@H](N)C(=O)O. The lowest BCUT2D eigenvalue weighted by atomic mass is 10.1. The molecule has 1 unspecified atom stereocenters. The number of rotatable bonds is 40. The number of hydrogen-bond acceptors (Lipinski definition) is 9. The van der Waals surface area contributed by atoms with Gasteiger partial charge in [-0.3, -0.25) is 23.4 Å². The molecule has 0 spiro atoms. The first-order valence-corrected chi connectivity index (χ1v) is 24.1. The summed E-state index contributed by atoms with van der Waals surface area (Å²) in [4.78, 5) is 46.0. The average molecular weight is 884 g/mol. The molecule has 0 fully saturated rings. The molecule has 0 heterocycles. The lowest BCUT2D eigenvalue weighted by molar-refractivity contribution is -0.161. The first-order valence-electron chi connectivity index (χ1n) is 22.6. The summed E-state index contributed by atoms with van der Waals surface area (Å²) in [6.07, 6.45) is 58.5. The molecule has 0 aliphatic carbocycles. The van der Waals surface area contributed by atoms with Crippen molar-refractivity contribution in [3.63, 3.8) is 0 Å². The molecular formula is C50H78NO10P. The van der Waals surface area contributed by atoms with Gasteiger partial charge in [-0.15, -0.1) is 0 Å². The summed E-state index contributed by atoms with van der Waals surface area (Å²) < 4.78 is 32.6. The fraction of sp³-hybridized carbons (Fsp3) is 0.540. The van der Waals surface area contributed by atoms with Crippen molar-refractivity contribution in [3.8, 4) is 0 Å². The summed E-state index contributed by atoms with van der Waals surface area (Å²) in [6, 6.07) is -1.55. The number of phosphoric acid groups is 1. The molecule has 0 saturated carbocycles. The number of ether oxygens (including phenoxy) is 2. The molecule has 0 aliphatic rings. The zero-order valence-corrected chi connectivity index (χ0v) is 38.5. The molecule has 0 aliphatic heterocycles. The van der Waals surface area contributed by atoms with Gasteiger partial charge in [-0.2, -0.15) is 0 Å².